The second-order valence-corrected chi connectivity index (χ2v) is 15.9. The third-order valence-electron chi connectivity index (χ3n) is 11.8. The van der Waals surface area contributed by atoms with Crippen LogP contribution in [0.3, 0.4) is 0 Å². The van der Waals surface area contributed by atoms with Crippen molar-refractivity contribution in [3.05, 3.63) is 0 Å². The zero-order valence-corrected chi connectivity index (χ0v) is 24.2. The molecular formula is C30H54N2O3S. The molecule has 0 amide bonds. The summed E-state index contributed by atoms with van der Waals surface area (Å²) in [6.45, 7) is 9.64. The zero-order chi connectivity index (χ0) is 25.4. The fraction of sp³-hybridized carbons (Fsp3) is 1.00. The van der Waals surface area contributed by atoms with Crippen molar-refractivity contribution in [2.45, 2.75) is 122 Å². The number of sulfonamides is 1. The summed E-state index contributed by atoms with van der Waals surface area (Å²) < 4.78 is 29.6. The fourth-order valence-corrected chi connectivity index (χ4v) is 11.6. The van der Waals surface area contributed by atoms with E-state index in [0.29, 0.717) is 31.0 Å². The van der Waals surface area contributed by atoms with E-state index in [9.17, 15) is 13.5 Å². The van der Waals surface area contributed by atoms with E-state index in [1.165, 1.54) is 51.4 Å². The van der Waals surface area contributed by atoms with Crippen LogP contribution in [0.4, 0.5) is 0 Å². The molecule has 2 heterocycles. The minimum Gasteiger partial charge on any atom is -0.395 e. The molecule has 5 rings (SSSR count). The maximum atomic E-state index is 13.9. The van der Waals surface area contributed by atoms with E-state index in [2.05, 4.69) is 25.7 Å². The highest BCUT2D eigenvalue weighted by Crippen LogP contribution is 2.49. The van der Waals surface area contributed by atoms with Gasteiger partial charge in [-0.2, -0.15) is 0 Å². The third-order valence-corrected chi connectivity index (χ3v) is 14.4. The molecule has 0 aromatic rings. The monoisotopic (exact) mass is 522 g/mol. The number of aliphatic hydroxyl groups excluding tert-OH is 1. The first-order valence-corrected chi connectivity index (χ1v) is 17.2. The van der Waals surface area contributed by atoms with Crippen LogP contribution in [0.25, 0.3) is 0 Å². The smallest absolute Gasteiger partial charge is 0.217 e. The van der Waals surface area contributed by atoms with Gasteiger partial charge in [-0.15, -0.1) is 0 Å². The lowest BCUT2D eigenvalue weighted by Gasteiger charge is -2.60. The standard InChI is InChI=1S/C30H54N2O3S/c1-21-10-11-26(18-23(21)3)24-12-14-25(15-13-24)30-27-19-31(16-6-7-17-32(27)28(30)20-33)36(34,35)29-9-5-4-8-22(29)2/h21-30,33H,4-20H2,1-3H3/t21?,22?,23?,24?,25?,26?,27?,28-,29?,30+/m1/s1. The topological polar surface area (TPSA) is 60.9 Å². The van der Waals surface area contributed by atoms with Crippen molar-refractivity contribution < 1.29 is 13.5 Å². The van der Waals surface area contributed by atoms with Gasteiger partial charge in [-0.3, -0.25) is 4.90 Å². The SMILES string of the molecule is CC1CCC(C2CCC([C@H]3C4CN(S(=O)(=O)C5CCCCC5C)CCCCN4[C@@H]3CO)CC2)CC1C. The Morgan fingerprint density at radius 1 is 0.722 bits per heavy atom. The Kier molecular flexibility index (Phi) is 8.77. The summed E-state index contributed by atoms with van der Waals surface area (Å²) in [5.41, 5.74) is 0. The molecule has 3 saturated carbocycles. The van der Waals surface area contributed by atoms with Gasteiger partial charge in [0.05, 0.1) is 11.9 Å². The molecule has 0 bridgehead atoms. The summed E-state index contributed by atoms with van der Waals surface area (Å²) in [4.78, 5) is 2.49. The molecule has 8 atom stereocenters. The van der Waals surface area contributed by atoms with E-state index in [1.54, 1.807) is 0 Å². The van der Waals surface area contributed by atoms with Gasteiger partial charge in [0.25, 0.3) is 0 Å². The van der Waals surface area contributed by atoms with Gasteiger partial charge in [0.2, 0.25) is 10.0 Å². The van der Waals surface area contributed by atoms with Gasteiger partial charge in [-0.05, 0) is 112 Å². The molecule has 5 aliphatic rings. The van der Waals surface area contributed by atoms with Crippen molar-refractivity contribution in [2.75, 3.05) is 26.2 Å². The average Bonchev–Trinajstić information content (AvgIpc) is 2.85. The van der Waals surface area contributed by atoms with Gasteiger partial charge in [0.15, 0.2) is 0 Å². The summed E-state index contributed by atoms with van der Waals surface area (Å²) >= 11 is 0. The highest BCUT2D eigenvalue weighted by molar-refractivity contribution is 7.89. The maximum Gasteiger partial charge on any atom is 0.217 e. The Balaban J connectivity index is 1.25. The molecule has 5 fully saturated rings. The first-order chi connectivity index (χ1) is 17.3. The van der Waals surface area contributed by atoms with Crippen molar-refractivity contribution in [3.8, 4) is 0 Å². The molecule has 5 nitrogen and oxygen atoms in total. The maximum absolute atomic E-state index is 13.9. The van der Waals surface area contributed by atoms with E-state index in [0.717, 1.165) is 62.3 Å². The number of fused-ring (bicyclic) bond motifs is 1. The molecule has 0 radical (unpaired) electrons. The van der Waals surface area contributed by atoms with Crippen LogP contribution in [-0.4, -0.2) is 66.3 Å². The predicted molar refractivity (Wildman–Crippen MR) is 147 cm³/mol. The van der Waals surface area contributed by atoms with Crippen LogP contribution < -0.4 is 0 Å². The van der Waals surface area contributed by atoms with Crippen LogP contribution in [0.5, 0.6) is 0 Å². The molecule has 2 aliphatic heterocycles. The molecule has 0 aromatic heterocycles. The molecule has 6 heteroatoms. The first-order valence-electron chi connectivity index (χ1n) is 15.7. The predicted octanol–water partition coefficient (Wildman–Crippen LogP) is 5.53. The van der Waals surface area contributed by atoms with Gasteiger partial charge in [-0.1, -0.05) is 40.0 Å². The summed E-state index contributed by atoms with van der Waals surface area (Å²) in [6, 6.07) is 0.539. The van der Waals surface area contributed by atoms with Crippen molar-refractivity contribution >= 4 is 10.0 Å². The van der Waals surface area contributed by atoms with Crippen LogP contribution in [0, 0.1) is 41.4 Å². The minimum absolute atomic E-state index is 0.192. The number of rotatable bonds is 5. The summed E-state index contributed by atoms with van der Waals surface area (Å²) in [6.07, 6.45) is 15.6. The fourth-order valence-electron chi connectivity index (χ4n) is 9.30. The Morgan fingerprint density at radius 3 is 2.08 bits per heavy atom. The average molecular weight is 523 g/mol. The molecule has 208 valence electrons. The van der Waals surface area contributed by atoms with Crippen LogP contribution in [0.1, 0.15) is 104 Å². The highest BCUT2D eigenvalue weighted by atomic mass is 32.2. The molecule has 3 aliphatic carbocycles. The van der Waals surface area contributed by atoms with Crippen molar-refractivity contribution in [1.82, 2.24) is 9.21 Å². The van der Waals surface area contributed by atoms with Gasteiger partial charge in [0.1, 0.15) is 0 Å². The zero-order valence-electron chi connectivity index (χ0n) is 23.4. The molecular weight excluding hydrogens is 468 g/mol. The lowest BCUT2D eigenvalue weighted by Crippen LogP contribution is -2.71. The van der Waals surface area contributed by atoms with Crippen molar-refractivity contribution in [1.29, 1.82) is 0 Å². The van der Waals surface area contributed by atoms with Gasteiger partial charge >= 0.3 is 0 Å². The molecule has 6 unspecified atom stereocenters. The Hall–Kier alpha value is -0.170. The Bertz CT molecular complexity index is 826. The highest BCUT2D eigenvalue weighted by Gasteiger charge is 2.53. The Morgan fingerprint density at radius 2 is 1.39 bits per heavy atom. The number of nitrogens with zero attached hydrogens (tertiary/aromatic N) is 2. The van der Waals surface area contributed by atoms with Crippen LogP contribution in [0.2, 0.25) is 0 Å². The second-order valence-electron chi connectivity index (χ2n) is 13.7. The summed E-state index contributed by atoms with van der Waals surface area (Å²) in [5.74, 6) is 4.95. The third kappa shape index (κ3) is 5.31. The van der Waals surface area contributed by atoms with E-state index < -0.39 is 10.0 Å². The van der Waals surface area contributed by atoms with Gasteiger partial charge < -0.3 is 5.11 Å². The molecule has 36 heavy (non-hydrogen) atoms. The van der Waals surface area contributed by atoms with Crippen molar-refractivity contribution in [3.63, 3.8) is 0 Å². The quantitative estimate of drug-likeness (QED) is 0.516. The number of hydrogen-bond acceptors (Lipinski definition) is 4. The lowest BCUT2D eigenvalue weighted by molar-refractivity contribution is -0.123. The van der Waals surface area contributed by atoms with E-state index in [1.807, 2.05) is 4.31 Å². The molecule has 1 N–H and O–H groups in total. The van der Waals surface area contributed by atoms with Crippen LogP contribution in [-0.2, 0) is 10.0 Å². The second kappa shape index (κ2) is 11.5. The van der Waals surface area contributed by atoms with Crippen LogP contribution in [0.15, 0.2) is 0 Å². The molecule has 0 spiro atoms. The van der Waals surface area contributed by atoms with Gasteiger partial charge in [-0.25, -0.2) is 12.7 Å². The Labute approximate surface area is 221 Å². The first kappa shape index (κ1) is 27.4. The molecule has 0 aromatic carbocycles. The van der Waals surface area contributed by atoms with Gasteiger partial charge in [0, 0.05) is 25.2 Å². The minimum atomic E-state index is -3.26. The normalized spacial score (nSPS) is 45.8. The van der Waals surface area contributed by atoms with Crippen molar-refractivity contribution in [2.24, 2.45) is 41.4 Å². The number of hydrogen-bond donors (Lipinski definition) is 1. The largest absolute Gasteiger partial charge is 0.395 e. The molecule has 2 saturated heterocycles. The van der Waals surface area contributed by atoms with E-state index in [4.69, 9.17) is 0 Å². The van der Waals surface area contributed by atoms with Crippen LogP contribution >= 0.6 is 0 Å². The summed E-state index contributed by atoms with van der Waals surface area (Å²) in [7, 11) is -3.26. The summed E-state index contributed by atoms with van der Waals surface area (Å²) in [5, 5.41) is 10.2. The van der Waals surface area contributed by atoms with E-state index in [-0.39, 0.29) is 23.8 Å². The van der Waals surface area contributed by atoms with E-state index >= 15 is 0 Å². The number of aliphatic hydroxyl groups is 1. The lowest BCUT2D eigenvalue weighted by atomic mass is 9.61.